The molecule has 4 unspecified atom stereocenters. The SMILES string of the molecule is CCCCCCCCCCCCCC(CC(CCOP(=O)(Cc1ccc(O)cc1)OCCC(CC(CCCCCCCCCCCCC)C(C)(C)C)C(C)(C)C)C(C)(C)C)C(C)(C)C. The van der Waals surface area contributed by atoms with Gasteiger partial charge in [0.1, 0.15) is 5.75 Å². The summed E-state index contributed by atoms with van der Waals surface area (Å²) in [6.45, 7) is 34.3. The Bertz CT molecular complexity index is 1220. The Morgan fingerprint density at radius 3 is 0.969 bits per heavy atom. The summed E-state index contributed by atoms with van der Waals surface area (Å²) >= 11 is 0. The van der Waals surface area contributed by atoms with Gasteiger partial charge in [-0.3, -0.25) is 4.57 Å². The van der Waals surface area contributed by atoms with Gasteiger partial charge in [-0.1, -0.05) is 250 Å². The lowest BCUT2D eigenvalue weighted by Crippen LogP contribution is -2.30. The smallest absolute Gasteiger partial charge is 0.335 e. The molecule has 0 spiro atoms. The van der Waals surface area contributed by atoms with Crippen LogP contribution in [0.1, 0.15) is 282 Å². The Morgan fingerprint density at radius 2 is 0.688 bits per heavy atom. The predicted molar refractivity (Wildman–Crippen MR) is 284 cm³/mol. The Morgan fingerprint density at radius 1 is 0.422 bits per heavy atom. The van der Waals surface area contributed by atoms with Crippen LogP contribution in [0.25, 0.3) is 0 Å². The molecule has 0 aromatic heterocycles. The van der Waals surface area contributed by atoms with E-state index in [1.54, 1.807) is 12.1 Å². The van der Waals surface area contributed by atoms with E-state index < -0.39 is 7.60 Å². The zero-order valence-electron chi connectivity index (χ0n) is 45.7. The molecule has 0 aliphatic heterocycles. The first-order valence-electron chi connectivity index (χ1n) is 27.7. The molecule has 1 aromatic rings. The van der Waals surface area contributed by atoms with Gasteiger partial charge >= 0.3 is 7.60 Å². The van der Waals surface area contributed by atoms with E-state index in [1.807, 2.05) is 12.1 Å². The van der Waals surface area contributed by atoms with E-state index in [1.165, 1.54) is 167 Å². The third kappa shape index (κ3) is 29.8. The topological polar surface area (TPSA) is 55.8 Å². The first kappa shape index (κ1) is 61.2. The van der Waals surface area contributed by atoms with Crippen molar-refractivity contribution in [2.45, 2.75) is 283 Å². The Kier molecular flexibility index (Phi) is 31.4. The second kappa shape index (κ2) is 32.8. The van der Waals surface area contributed by atoms with Gasteiger partial charge in [-0.25, -0.2) is 0 Å². The minimum absolute atomic E-state index is 0.114. The molecule has 0 heterocycles. The van der Waals surface area contributed by atoms with Gasteiger partial charge in [0.15, 0.2) is 0 Å². The molecule has 0 aliphatic carbocycles. The fraction of sp³-hybridized carbons (Fsp3) is 0.898. The summed E-state index contributed by atoms with van der Waals surface area (Å²) in [5.41, 5.74) is 1.58. The molecule has 1 aromatic carbocycles. The maximum absolute atomic E-state index is 14.8. The summed E-state index contributed by atoms with van der Waals surface area (Å²) in [5.74, 6) is 2.38. The van der Waals surface area contributed by atoms with Gasteiger partial charge in [-0.05, 0) is 102 Å². The highest BCUT2D eigenvalue weighted by Gasteiger charge is 2.36. The molecule has 0 bridgehead atoms. The summed E-state index contributed by atoms with van der Waals surface area (Å²) < 4.78 is 27.9. The largest absolute Gasteiger partial charge is 0.508 e. The molecule has 378 valence electrons. The Hall–Kier alpha value is -0.830. The van der Waals surface area contributed by atoms with Crippen molar-refractivity contribution in [3.8, 4) is 5.75 Å². The lowest BCUT2D eigenvalue weighted by atomic mass is 9.67. The van der Waals surface area contributed by atoms with Gasteiger partial charge in [0.05, 0.1) is 19.4 Å². The molecule has 5 heteroatoms. The van der Waals surface area contributed by atoms with Crippen LogP contribution < -0.4 is 0 Å². The van der Waals surface area contributed by atoms with Crippen molar-refractivity contribution in [1.82, 2.24) is 0 Å². The summed E-state index contributed by atoms with van der Waals surface area (Å²) in [5, 5.41) is 10.0. The number of aromatic hydroxyl groups is 1. The molecule has 0 amide bonds. The highest BCUT2D eigenvalue weighted by molar-refractivity contribution is 7.53. The highest BCUT2D eigenvalue weighted by atomic mass is 31.2. The zero-order valence-corrected chi connectivity index (χ0v) is 46.6. The van der Waals surface area contributed by atoms with Gasteiger partial charge in [-0.2, -0.15) is 0 Å². The second-order valence-electron chi connectivity index (χ2n) is 25.1. The predicted octanol–water partition coefficient (Wildman–Crippen LogP) is 20.7. The molecule has 0 fully saturated rings. The first-order valence-corrected chi connectivity index (χ1v) is 29.4. The van der Waals surface area contributed by atoms with Gasteiger partial charge in [0.2, 0.25) is 0 Å². The second-order valence-corrected chi connectivity index (χ2v) is 27.1. The molecule has 1 rings (SSSR count). The summed E-state index contributed by atoms with van der Waals surface area (Å²) in [6, 6.07) is 7.07. The molecular formula is C59H113O4P. The van der Waals surface area contributed by atoms with Crippen molar-refractivity contribution in [2.24, 2.45) is 45.3 Å². The molecule has 4 atom stereocenters. The summed E-state index contributed by atoms with van der Waals surface area (Å²) in [4.78, 5) is 0. The maximum Gasteiger partial charge on any atom is 0.335 e. The van der Waals surface area contributed by atoms with Crippen LogP contribution in [0.5, 0.6) is 5.75 Å². The Labute approximate surface area is 401 Å². The van der Waals surface area contributed by atoms with Crippen molar-refractivity contribution in [2.75, 3.05) is 13.2 Å². The van der Waals surface area contributed by atoms with Gasteiger partial charge < -0.3 is 14.2 Å². The number of unbranched alkanes of at least 4 members (excludes halogenated alkanes) is 20. The van der Waals surface area contributed by atoms with Gasteiger partial charge in [0, 0.05) is 0 Å². The number of benzene rings is 1. The monoisotopic (exact) mass is 917 g/mol. The van der Waals surface area contributed by atoms with Crippen molar-refractivity contribution >= 4 is 7.60 Å². The van der Waals surface area contributed by atoms with Crippen molar-refractivity contribution in [3.05, 3.63) is 29.8 Å². The van der Waals surface area contributed by atoms with Crippen LogP contribution in [0.15, 0.2) is 24.3 Å². The minimum atomic E-state index is -3.47. The quantitative estimate of drug-likeness (QED) is 0.0530. The fourth-order valence-corrected chi connectivity index (χ4v) is 11.7. The van der Waals surface area contributed by atoms with E-state index in [2.05, 4.69) is 96.9 Å². The number of hydrogen-bond acceptors (Lipinski definition) is 4. The van der Waals surface area contributed by atoms with Crippen LogP contribution in [0.2, 0.25) is 0 Å². The van der Waals surface area contributed by atoms with Crippen molar-refractivity contribution in [1.29, 1.82) is 0 Å². The Balaban J connectivity index is 2.92. The van der Waals surface area contributed by atoms with Crippen LogP contribution >= 0.6 is 7.60 Å². The van der Waals surface area contributed by atoms with Crippen molar-refractivity contribution in [3.63, 3.8) is 0 Å². The molecule has 0 saturated heterocycles. The number of rotatable bonds is 38. The average molecular weight is 918 g/mol. The van der Waals surface area contributed by atoms with Crippen LogP contribution in [0.4, 0.5) is 0 Å². The fourth-order valence-electron chi connectivity index (χ4n) is 10.0. The van der Waals surface area contributed by atoms with Crippen LogP contribution in [0, 0.1) is 45.3 Å². The van der Waals surface area contributed by atoms with E-state index in [0.717, 1.165) is 18.4 Å². The van der Waals surface area contributed by atoms with E-state index in [-0.39, 0.29) is 33.6 Å². The first-order chi connectivity index (χ1) is 30.0. The summed E-state index contributed by atoms with van der Waals surface area (Å²) in [7, 11) is -3.47. The normalized spacial score (nSPS) is 15.8. The molecule has 1 N–H and O–H groups in total. The molecule has 0 aliphatic rings. The number of phenolic OH excluding ortho intramolecular Hbond substituents is 1. The van der Waals surface area contributed by atoms with E-state index >= 15 is 0 Å². The van der Waals surface area contributed by atoms with E-state index in [9.17, 15) is 9.67 Å². The minimum Gasteiger partial charge on any atom is -0.508 e. The third-order valence-corrected chi connectivity index (χ3v) is 17.1. The molecule has 0 saturated carbocycles. The van der Waals surface area contributed by atoms with Gasteiger partial charge in [0.25, 0.3) is 0 Å². The van der Waals surface area contributed by atoms with Crippen molar-refractivity contribution < 1.29 is 18.7 Å². The number of phenols is 1. The molecular weight excluding hydrogens is 804 g/mol. The molecule has 4 nitrogen and oxygen atoms in total. The highest BCUT2D eigenvalue weighted by Crippen LogP contribution is 2.53. The zero-order chi connectivity index (χ0) is 48.1. The lowest BCUT2D eigenvalue weighted by molar-refractivity contribution is 0.0904. The average Bonchev–Trinajstić information content (AvgIpc) is 3.19. The van der Waals surface area contributed by atoms with Crippen LogP contribution in [-0.4, -0.2) is 18.3 Å². The molecule has 0 radical (unpaired) electrons. The summed E-state index contributed by atoms with van der Waals surface area (Å²) in [6.07, 6.45) is 37.2. The van der Waals surface area contributed by atoms with Gasteiger partial charge in [-0.15, -0.1) is 0 Å². The van der Waals surface area contributed by atoms with E-state index in [0.29, 0.717) is 36.9 Å². The lowest BCUT2D eigenvalue weighted by Gasteiger charge is -2.39. The standard InChI is InChI=1S/C59H113O4P/c1-15-17-19-21-23-25-27-29-31-33-35-37-51(56(3,4)5)47-53(58(9,10)11)43-45-62-64(61,49-50-39-41-55(60)42-40-50)63-46-44-54(59(12,13)14)48-52(57(6,7)8)38-36-34-32-30-28-26-24-22-20-18-16-2/h39-42,51-54,60H,15-38,43-49H2,1-14H3. The van der Waals surface area contributed by atoms with Crippen LogP contribution in [0.3, 0.4) is 0 Å². The van der Waals surface area contributed by atoms with E-state index in [4.69, 9.17) is 9.05 Å². The third-order valence-electron chi connectivity index (χ3n) is 15.2. The molecule has 64 heavy (non-hydrogen) atoms. The maximum atomic E-state index is 14.8. The van der Waals surface area contributed by atoms with Crippen LogP contribution in [-0.2, 0) is 19.8 Å². The number of hydrogen-bond donors (Lipinski definition) is 1.